The number of nitrogens with zero attached hydrogens (tertiary/aromatic N) is 3. The first-order valence-corrected chi connectivity index (χ1v) is 7.97. The summed E-state index contributed by atoms with van der Waals surface area (Å²) in [6, 6.07) is 9.53. The first-order valence-electron chi connectivity index (χ1n) is 7.97. The average Bonchev–Trinajstić information content (AvgIpc) is 3.26. The van der Waals surface area contributed by atoms with E-state index in [0.717, 1.165) is 25.9 Å². The van der Waals surface area contributed by atoms with Crippen LogP contribution in [0.25, 0.3) is 0 Å². The number of para-hydroxylation sites is 2. The Kier molecular flexibility index (Phi) is 3.65. The average molecular weight is 313 g/mol. The zero-order valence-electron chi connectivity index (χ0n) is 12.8. The van der Waals surface area contributed by atoms with Gasteiger partial charge in [-0.3, -0.25) is 9.48 Å². The molecule has 6 heteroatoms. The molecule has 4 rings (SSSR count). The normalized spacial score (nSPS) is 23.0. The van der Waals surface area contributed by atoms with Gasteiger partial charge in [0.2, 0.25) is 6.10 Å². The Balaban J connectivity index is 1.46. The van der Waals surface area contributed by atoms with Crippen molar-refractivity contribution in [3.05, 3.63) is 42.7 Å². The van der Waals surface area contributed by atoms with Crippen LogP contribution in [0.1, 0.15) is 12.8 Å². The molecule has 2 atom stereocenters. The maximum absolute atomic E-state index is 12.8. The molecule has 120 valence electrons. The van der Waals surface area contributed by atoms with Gasteiger partial charge in [0, 0.05) is 18.9 Å². The monoisotopic (exact) mass is 313 g/mol. The summed E-state index contributed by atoms with van der Waals surface area (Å²) in [6.07, 6.45) is 5.13. The molecule has 1 fully saturated rings. The van der Waals surface area contributed by atoms with Crippen molar-refractivity contribution >= 4 is 5.91 Å². The zero-order chi connectivity index (χ0) is 15.6. The summed E-state index contributed by atoms with van der Waals surface area (Å²) in [7, 11) is 0. The summed E-state index contributed by atoms with van der Waals surface area (Å²) >= 11 is 0. The van der Waals surface area contributed by atoms with Gasteiger partial charge in [-0.05, 0) is 31.0 Å². The van der Waals surface area contributed by atoms with Crippen molar-refractivity contribution in [1.29, 1.82) is 0 Å². The van der Waals surface area contributed by atoms with Gasteiger partial charge in [-0.1, -0.05) is 12.1 Å². The van der Waals surface area contributed by atoms with Crippen LogP contribution in [0.5, 0.6) is 11.5 Å². The fraction of sp³-hybridized carbons (Fsp3) is 0.412. The van der Waals surface area contributed by atoms with Crippen LogP contribution in [-0.4, -0.2) is 45.9 Å². The van der Waals surface area contributed by atoms with Crippen molar-refractivity contribution in [1.82, 2.24) is 14.7 Å². The summed E-state index contributed by atoms with van der Waals surface area (Å²) in [5, 5.41) is 4.24. The van der Waals surface area contributed by atoms with Crippen LogP contribution >= 0.6 is 0 Å². The van der Waals surface area contributed by atoms with Gasteiger partial charge < -0.3 is 14.4 Å². The summed E-state index contributed by atoms with van der Waals surface area (Å²) in [5.74, 6) is 1.35. The highest BCUT2D eigenvalue weighted by Gasteiger charge is 2.36. The second-order valence-corrected chi connectivity index (χ2v) is 5.92. The standard InChI is InChI=1S/C17H19N3O3/c21-17(16-12-22-14-6-1-2-7-15(14)23-16)20-10-3-5-13(20)11-19-9-4-8-18-19/h1-2,4,6-9,13,16H,3,5,10-12H2/t13-,16+/m1/s1. The number of rotatable bonds is 3. The van der Waals surface area contributed by atoms with Crippen LogP contribution < -0.4 is 9.47 Å². The molecule has 0 bridgehead atoms. The van der Waals surface area contributed by atoms with E-state index in [0.29, 0.717) is 11.5 Å². The van der Waals surface area contributed by atoms with Gasteiger partial charge in [0.25, 0.3) is 5.91 Å². The minimum Gasteiger partial charge on any atom is -0.485 e. The maximum atomic E-state index is 12.8. The minimum atomic E-state index is -0.567. The molecule has 2 aromatic rings. The van der Waals surface area contributed by atoms with E-state index >= 15 is 0 Å². The van der Waals surface area contributed by atoms with Crippen molar-refractivity contribution in [3.8, 4) is 11.5 Å². The van der Waals surface area contributed by atoms with E-state index in [2.05, 4.69) is 5.10 Å². The number of carbonyl (C=O) groups excluding carboxylic acids is 1. The molecule has 2 aliphatic heterocycles. The highest BCUT2D eigenvalue weighted by atomic mass is 16.6. The third-order valence-electron chi connectivity index (χ3n) is 4.40. The molecular weight excluding hydrogens is 294 g/mol. The molecule has 3 heterocycles. The van der Waals surface area contributed by atoms with Gasteiger partial charge in [0.1, 0.15) is 6.61 Å². The Labute approximate surface area is 134 Å². The molecule has 0 saturated carbocycles. The van der Waals surface area contributed by atoms with E-state index in [1.54, 1.807) is 6.20 Å². The minimum absolute atomic E-state index is 0.00848. The molecule has 6 nitrogen and oxygen atoms in total. The molecule has 0 N–H and O–H groups in total. The third-order valence-corrected chi connectivity index (χ3v) is 4.40. The van der Waals surface area contributed by atoms with E-state index in [4.69, 9.17) is 9.47 Å². The van der Waals surface area contributed by atoms with Crippen LogP contribution in [0.2, 0.25) is 0 Å². The van der Waals surface area contributed by atoms with Gasteiger partial charge in [-0.15, -0.1) is 0 Å². The number of likely N-dealkylation sites (tertiary alicyclic amines) is 1. The molecule has 2 aliphatic rings. The Bertz CT molecular complexity index is 686. The fourth-order valence-electron chi connectivity index (χ4n) is 3.27. The van der Waals surface area contributed by atoms with E-state index in [9.17, 15) is 4.79 Å². The van der Waals surface area contributed by atoms with Crippen molar-refractivity contribution in [3.63, 3.8) is 0 Å². The summed E-state index contributed by atoms with van der Waals surface area (Å²) < 4.78 is 13.4. The number of carbonyl (C=O) groups is 1. The lowest BCUT2D eigenvalue weighted by molar-refractivity contribution is -0.142. The van der Waals surface area contributed by atoms with Gasteiger partial charge in [-0.2, -0.15) is 5.10 Å². The van der Waals surface area contributed by atoms with Crippen LogP contribution in [0, 0.1) is 0 Å². The van der Waals surface area contributed by atoms with Crippen LogP contribution in [0.4, 0.5) is 0 Å². The van der Waals surface area contributed by atoms with Crippen molar-refractivity contribution in [2.45, 2.75) is 31.5 Å². The number of ether oxygens (including phenoxy) is 2. The van der Waals surface area contributed by atoms with Crippen molar-refractivity contribution < 1.29 is 14.3 Å². The summed E-state index contributed by atoms with van der Waals surface area (Å²) in [6.45, 7) is 1.76. The van der Waals surface area contributed by atoms with Gasteiger partial charge in [-0.25, -0.2) is 0 Å². The fourth-order valence-corrected chi connectivity index (χ4v) is 3.27. The largest absolute Gasteiger partial charge is 0.485 e. The van der Waals surface area contributed by atoms with E-state index in [1.165, 1.54) is 0 Å². The SMILES string of the molecule is O=C([C@@H]1COc2ccccc2O1)N1CCC[C@@H]1Cn1cccn1. The Morgan fingerprint density at radius 3 is 2.96 bits per heavy atom. The predicted molar refractivity (Wildman–Crippen MR) is 83.3 cm³/mol. The lowest BCUT2D eigenvalue weighted by atomic mass is 10.2. The highest BCUT2D eigenvalue weighted by Crippen LogP contribution is 2.32. The summed E-state index contributed by atoms with van der Waals surface area (Å²) in [4.78, 5) is 14.8. The van der Waals surface area contributed by atoms with Gasteiger partial charge in [0.15, 0.2) is 11.5 Å². The maximum Gasteiger partial charge on any atom is 0.267 e. The van der Waals surface area contributed by atoms with Crippen LogP contribution in [-0.2, 0) is 11.3 Å². The molecular formula is C17H19N3O3. The number of benzene rings is 1. The molecule has 0 aliphatic carbocycles. The lowest BCUT2D eigenvalue weighted by Gasteiger charge is -2.31. The highest BCUT2D eigenvalue weighted by molar-refractivity contribution is 5.82. The Morgan fingerprint density at radius 2 is 2.13 bits per heavy atom. The second-order valence-electron chi connectivity index (χ2n) is 5.92. The topological polar surface area (TPSA) is 56.6 Å². The smallest absolute Gasteiger partial charge is 0.267 e. The van der Waals surface area contributed by atoms with E-state index in [1.807, 2.05) is 46.1 Å². The molecule has 0 spiro atoms. The molecule has 1 saturated heterocycles. The number of aromatic nitrogens is 2. The predicted octanol–water partition coefficient (Wildman–Crippen LogP) is 1.71. The summed E-state index contributed by atoms with van der Waals surface area (Å²) in [5.41, 5.74) is 0. The molecule has 23 heavy (non-hydrogen) atoms. The number of hydrogen-bond donors (Lipinski definition) is 0. The first-order chi connectivity index (χ1) is 11.3. The lowest BCUT2D eigenvalue weighted by Crippen LogP contribution is -2.49. The third kappa shape index (κ3) is 2.76. The second kappa shape index (κ2) is 5.95. The quantitative estimate of drug-likeness (QED) is 0.866. The van der Waals surface area contributed by atoms with E-state index < -0.39 is 6.10 Å². The van der Waals surface area contributed by atoms with Gasteiger partial charge >= 0.3 is 0 Å². The Hall–Kier alpha value is -2.50. The number of hydrogen-bond acceptors (Lipinski definition) is 4. The van der Waals surface area contributed by atoms with E-state index in [-0.39, 0.29) is 18.6 Å². The van der Waals surface area contributed by atoms with Crippen LogP contribution in [0.3, 0.4) is 0 Å². The molecule has 0 radical (unpaired) electrons. The van der Waals surface area contributed by atoms with Crippen molar-refractivity contribution in [2.24, 2.45) is 0 Å². The van der Waals surface area contributed by atoms with Gasteiger partial charge in [0.05, 0.1) is 12.6 Å². The number of amides is 1. The number of fused-ring (bicyclic) bond motifs is 1. The molecule has 1 aromatic heterocycles. The molecule has 1 amide bonds. The first kappa shape index (κ1) is 14.1. The van der Waals surface area contributed by atoms with Crippen LogP contribution in [0.15, 0.2) is 42.7 Å². The zero-order valence-corrected chi connectivity index (χ0v) is 12.8. The molecule has 1 aromatic carbocycles. The molecule has 0 unspecified atom stereocenters. The van der Waals surface area contributed by atoms with Crippen molar-refractivity contribution in [2.75, 3.05) is 13.2 Å². The Morgan fingerprint density at radius 1 is 1.26 bits per heavy atom.